The summed E-state index contributed by atoms with van der Waals surface area (Å²) in [6.07, 6.45) is 5.33. The molecule has 0 spiro atoms. The summed E-state index contributed by atoms with van der Waals surface area (Å²) in [6, 6.07) is 0. The van der Waals surface area contributed by atoms with Gasteiger partial charge in [0.2, 0.25) is 0 Å². The molecule has 0 saturated heterocycles. The number of hydrogen-bond donors (Lipinski definition) is 1. The molecule has 0 fully saturated rings. The number of aryl methyl sites for hydroxylation is 1. The van der Waals surface area contributed by atoms with Crippen LogP contribution in [0.25, 0.3) is 0 Å². The van der Waals surface area contributed by atoms with E-state index in [0.717, 1.165) is 43.7 Å². The zero-order valence-corrected chi connectivity index (χ0v) is 12.4. The molecule has 0 aliphatic carbocycles. The Morgan fingerprint density at radius 2 is 2.16 bits per heavy atom. The third-order valence-electron chi connectivity index (χ3n) is 2.71. The van der Waals surface area contributed by atoms with Crippen LogP contribution < -0.4 is 5.32 Å². The standard InChI is InChI=1S/C13H21N5S/c1-3-5-13-15-12(10-19-13)9-18-8-11(16-17-18)7-14-6-4-2/h8,10,14H,3-7,9H2,1-2H3. The molecule has 0 atom stereocenters. The van der Waals surface area contributed by atoms with Crippen LogP contribution in [0.2, 0.25) is 0 Å². The SMILES string of the molecule is CCCNCc1cn(Cc2csc(CCC)n2)nn1. The Kier molecular flexibility index (Phi) is 5.47. The molecule has 0 unspecified atom stereocenters. The molecule has 0 radical (unpaired) electrons. The molecule has 104 valence electrons. The highest BCUT2D eigenvalue weighted by molar-refractivity contribution is 7.09. The van der Waals surface area contributed by atoms with Crippen LogP contribution in [-0.4, -0.2) is 26.5 Å². The Hall–Kier alpha value is -1.27. The van der Waals surface area contributed by atoms with Crippen molar-refractivity contribution < 1.29 is 0 Å². The van der Waals surface area contributed by atoms with Gasteiger partial charge in [-0.3, -0.25) is 0 Å². The van der Waals surface area contributed by atoms with E-state index in [1.54, 1.807) is 11.3 Å². The van der Waals surface area contributed by atoms with Crippen molar-refractivity contribution in [3.05, 3.63) is 28.0 Å². The lowest BCUT2D eigenvalue weighted by Gasteiger charge is -1.97. The van der Waals surface area contributed by atoms with Gasteiger partial charge in [-0.1, -0.05) is 19.1 Å². The van der Waals surface area contributed by atoms with E-state index in [0.29, 0.717) is 6.54 Å². The van der Waals surface area contributed by atoms with Gasteiger partial charge in [0.25, 0.3) is 0 Å². The van der Waals surface area contributed by atoms with E-state index < -0.39 is 0 Å². The normalized spacial score (nSPS) is 11.1. The molecule has 0 aliphatic rings. The molecule has 0 bridgehead atoms. The predicted molar refractivity (Wildman–Crippen MR) is 77.2 cm³/mol. The molecule has 5 nitrogen and oxygen atoms in total. The molecule has 6 heteroatoms. The zero-order valence-electron chi connectivity index (χ0n) is 11.6. The first-order valence-electron chi connectivity index (χ1n) is 6.84. The van der Waals surface area contributed by atoms with Crippen molar-refractivity contribution >= 4 is 11.3 Å². The quantitative estimate of drug-likeness (QED) is 0.753. The van der Waals surface area contributed by atoms with Crippen LogP contribution in [-0.2, 0) is 19.5 Å². The van der Waals surface area contributed by atoms with Crippen molar-refractivity contribution in [3.63, 3.8) is 0 Å². The van der Waals surface area contributed by atoms with E-state index in [-0.39, 0.29) is 0 Å². The van der Waals surface area contributed by atoms with Gasteiger partial charge in [0.1, 0.15) is 0 Å². The minimum absolute atomic E-state index is 0.709. The lowest BCUT2D eigenvalue weighted by Crippen LogP contribution is -2.13. The average Bonchev–Trinajstić information content (AvgIpc) is 3.01. The van der Waals surface area contributed by atoms with Crippen LogP contribution in [0.3, 0.4) is 0 Å². The van der Waals surface area contributed by atoms with Gasteiger partial charge >= 0.3 is 0 Å². The molecule has 2 aromatic rings. The third-order valence-corrected chi connectivity index (χ3v) is 3.66. The van der Waals surface area contributed by atoms with E-state index in [1.165, 1.54) is 5.01 Å². The molecule has 0 aliphatic heterocycles. The predicted octanol–water partition coefficient (Wildman–Crippen LogP) is 2.24. The van der Waals surface area contributed by atoms with Crippen molar-refractivity contribution in [1.82, 2.24) is 25.3 Å². The van der Waals surface area contributed by atoms with Gasteiger partial charge in [-0.2, -0.15) is 0 Å². The van der Waals surface area contributed by atoms with Gasteiger partial charge in [0.05, 0.1) is 29.1 Å². The van der Waals surface area contributed by atoms with Crippen LogP contribution in [0.1, 0.15) is 43.1 Å². The Morgan fingerprint density at radius 1 is 1.26 bits per heavy atom. The van der Waals surface area contributed by atoms with Crippen molar-refractivity contribution in [3.8, 4) is 0 Å². The van der Waals surface area contributed by atoms with Crippen molar-refractivity contribution in [2.24, 2.45) is 0 Å². The second-order valence-corrected chi connectivity index (χ2v) is 5.51. The highest BCUT2D eigenvalue weighted by Crippen LogP contribution is 2.12. The Bertz CT molecular complexity index is 491. The van der Waals surface area contributed by atoms with Gasteiger partial charge in [-0.15, -0.1) is 16.4 Å². The Balaban J connectivity index is 1.87. The molecular formula is C13H21N5S. The smallest absolute Gasteiger partial charge is 0.0964 e. The van der Waals surface area contributed by atoms with Crippen molar-refractivity contribution in [2.45, 2.75) is 46.2 Å². The number of aromatic nitrogens is 4. The fourth-order valence-corrected chi connectivity index (χ4v) is 2.70. The maximum Gasteiger partial charge on any atom is 0.0964 e. The van der Waals surface area contributed by atoms with E-state index in [2.05, 4.69) is 39.8 Å². The molecule has 0 aromatic carbocycles. The number of nitrogens with one attached hydrogen (secondary N) is 1. The Labute approximate surface area is 118 Å². The largest absolute Gasteiger partial charge is 0.311 e. The van der Waals surface area contributed by atoms with Gasteiger partial charge in [-0.25, -0.2) is 9.67 Å². The molecule has 2 heterocycles. The highest BCUT2D eigenvalue weighted by atomic mass is 32.1. The second kappa shape index (κ2) is 7.35. The van der Waals surface area contributed by atoms with Crippen LogP contribution >= 0.6 is 11.3 Å². The van der Waals surface area contributed by atoms with Crippen LogP contribution in [0.4, 0.5) is 0 Å². The number of thiazole rings is 1. The minimum atomic E-state index is 0.709. The third kappa shape index (κ3) is 4.40. The van der Waals surface area contributed by atoms with Crippen molar-refractivity contribution in [2.75, 3.05) is 6.54 Å². The first-order valence-corrected chi connectivity index (χ1v) is 7.72. The van der Waals surface area contributed by atoms with E-state index >= 15 is 0 Å². The van der Waals surface area contributed by atoms with Gasteiger partial charge < -0.3 is 5.32 Å². The van der Waals surface area contributed by atoms with Gasteiger partial charge in [-0.05, 0) is 25.8 Å². The first kappa shape index (κ1) is 14.1. The summed E-state index contributed by atoms with van der Waals surface area (Å²) in [5.74, 6) is 0. The maximum absolute atomic E-state index is 4.59. The van der Waals surface area contributed by atoms with E-state index in [1.807, 2.05) is 10.9 Å². The fourth-order valence-electron chi connectivity index (χ4n) is 1.81. The summed E-state index contributed by atoms with van der Waals surface area (Å²) in [4.78, 5) is 4.59. The summed E-state index contributed by atoms with van der Waals surface area (Å²) in [7, 11) is 0. The van der Waals surface area contributed by atoms with Crippen LogP contribution in [0, 0.1) is 0 Å². The fraction of sp³-hybridized carbons (Fsp3) is 0.615. The lowest BCUT2D eigenvalue weighted by molar-refractivity contribution is 0.636. The monoisotopic (exact) mass is 279 g/mol. The molecular weight excluding hydrogens is 258 g/mol. The van der Waals surface area contributed by atoms with Gasteiger partial charge in [0.15, 0.2) is 0 Å². The summed E-state index contributed by atoms with van der Waals surface area (Å²) < 4.78 is 1.85. The van der Waals surface area contributed by atoms with E-state index in [9.17, 15) is 0 Å². The molecule has 0 amide bonds. The Morgan fingerprint density at radius 3 is 2.95 bits per heavy atom. The maximum atomic E-state index is 4.59. The molecule has 0 saturated carbocycles. The second-order valence-electron chi connectivity index (χ2n) is 4.57. The summed E-state index contributed by atoms with van der Waals surface area (Å²) >= 11 is 1.73. The van der Waals surface area contributed by atoms with Crippen molar-refractivity contribution in [1.29, 1.82) is 0 Å². The summed E-state index contributed by atoms with van der Waals surface area (Å²) in [6.45, 7) is 6.83. The van der Waals surface area contributed by atoms with Crippen LogP contribution in [0.15, 0.2) is 11.6 Å². The summed E-state index contributed by atoms with van der Waals surface area (Å²) in [5.41, 5.74) is 2.06. The summed E-state index contributed by atoms with van der Waals surface area (Å²) in [5, 5.41) is 14.9. The molecule has 19 heavy (non-hydrogen) atoms. The molecule has 2 rings (SSSR count). The lowest BCUT2D eigenvalue weighted by atomic mass is 10.3. The highest BCUT2D eigenvalue weighted by Gasteiger charge is 2.05. The first-order chi connectivity index (χ1) is 9.31. The van der Waals surface area contributed by atoms with E-state index in [4.69, 9.17) is 0 Å². The minimum Gasteiger partial charge on any atom is -0.311 e. The molecule has 2 aromatic heterocycles. The number of nitrogens with zero attached hydrogens (tertiary/aromatic N) is 4. The van der Waals surface area contributed by atoms with Crippen LogP contribution in [0.5, 0.6) is 0 Å². The zero-order chi connectivity index (χ0) is 13.5. The molecule has 1 N–H and O–H groups in total. The average molecular weight is 279 g/mol. The van der Waals surface area contributed by atoms with Gasteiger partial charge in [0, 0.05) is 11.9 Å². The number of rotatable bonds is 8. The number of hydrogen-bond acceptors (Lipinski definition) is 5. The topological polar surface area (TPSA) is 55.6 Å².